The van der Waals surface area contributed by atoms with Gasteiger partial charge in [-0.25, -0.2) is 0 Å². The molecule has 0 spiro atoms. The van der Waals surface area contributed by atoms with E-state index in [0.29, 0.717) is 17.4 Å². The molecule has 2 atom stereocenters. The van der Waals surface area contributed by atoms with Gasteiger partial charge in [0.05, 0.1) is 40.3 Å². The summed E-state index contributed by atoms with van der Waals surface area (Å²) in [6, 6.07) is 0. The van der Waals surface area contributed by atoms with Crippen LogP contribution in [0.4, 0.5) is 0 Å². The predicted octanol–water partition coefficient (Wildman–Crippen LogP) is 17.5. The van der Waals surface area contributed by atoms with Crippen molar-refractivity contribution in [3.05, 3.63) is 122 Å². The van der Waals surface area contributed by atoms with Gasteiger partial charge in [0.2, 0.25) is 0 Å². The molecule has 2 unspecified atom stereocenters. The van der Waals surface area contributed by atoms with E-state index in [1.54, 1.807) is 0 Å². The first-order valence-electron chi connectivity index (χ1n) is 31.2. The van der Waals surface area contributed by atoms with Crippen LogP contribution in [0.5, 0.6) is 0 Å². The van der Waals surface area contributed by atoms with Crippen molar-refractivity contribution in [1.29, 1.82) is 0 Å². The van der Waals surface area contributed by atoms with Crippen molar-refractivity contribution < 1.29 is 42.9 Å². The van der Waals surface area contributed by atoms with E-state index >= 15 is 0 Å². The molecule has 9 heteroatoms. The number of ether oxygens (including phenoxy) is 4. The van der Waals surface area contributed by atoms with E-state index in [-0.39, 0.29) is 38.6 Å². The van der Waals surface area contributed by atoms with Crippen LogP contribution in [0.1, 0.15) is 239 Å². The number of carbonyl (C=O) groups is 3. The summed E-state index contributed by atoms with van der Waals surface area (Å²) in [5, 5.41) is 11.8. The second kappa shape index (κ2) is 58.8. The van der Waals surface area contributed by atoms with Gasteiger partial charge >= 0.3 is 11.9 Å². The molecule has 0 aliphatic carbocycles. The summed E-state index contributed by atoms with van der Waals surface area (Å²) in [5.74, 6) is -2.32. The smallest absolute Gasteiger partial charge is 0.306 e. The average molecular weight is 1090 g/mol. The van der Waals surface area contributed by atoms with Crippen LogP contribution in [-0.2, 0) is 33.3 Å². The number of nitrogens with zero attached hydrogens (tertiary/aromatic N) is 1. The Hall–Kier alpha value is -4.31. The minimum atomic E-state index is -1.63. The molecule has 0 N–H and O–H groups in total. The summed E-state index contributed by atoms with van der Waals surface area (Å²) < 4.78 is 22.7. The number of carboxylic acids is 1. The highest BCUT2D eigenvalue weighted by Gasteiger charge is 2.22. The van der Waals surface area contributed by atoms with Gasteiger partial charge in [-0.3, -0.25) is 9.59 Å². The van der Waals surface area contributed by atoms with Gasteiger partial charge in [-0.1, -0.05) is 257 Å². The largest absolute Gasteiger partial charge is 0.545 e. The molecule has 0 bridgehead atoms. The Labute approximate surface area is 478 Å². The van der Waals surface area contributed by atoms with Crippen LogP contribution < -0.4 is 5.11 Å². The van der Waals surface area contributed by atoms with Gasteiger partial charge in [-0.2, -0.15) is 0 Å². The number of aliphatic carboxylic acids is 1. The molecule has 0 fully saturated rings. The quantitative estimate of drug-likeness (QED) is 0.0195. The van der Waals surface area contributed by atoms with Gasteiger partial charge in [-0.05, 0) is 89.9 Å². The predicted molar refractivity (Wildman–Crippen MR) is 329 cm³/mol. The van der Waals surface area contributed by atoms with Crippen molar-refractivity contribution >= 4 is 17.9 Å². The summed E-state index contributed by atoms with van der Waals surface area (Å²) in [6.45, 7) is 4.61. The fourth-order valence-electron chi connectivity index (χ4n) is 8.21. The molecule has 0 aliphatic rings. The van der Waals surface area contributed by atoms with Gasteiger partial charge in [0.15, 0.2) is 12.4 Å². The van der Waals surface area contributed by atoms with Crippen molar-refractivity contribution in [2.24, 2.45) is 0 Å². The van der Waals surface area contributed by atoms with E-state index in [2.05, 4.69) is 135 Å². The average Bonchev–Trinajstić information content (AvgIpc) is 3.41. The fourth-order valence-corrected chi connectivity index (χ4v) is 8.21. The Balaban J connectivity index is 4.28. The highest BCUT2D eigenvalue weighted by atomic mass is 16.7. The van der Waals surface area contributed by atoms with Crippen LogP contribution in [0.2, 0.25) is 0 Å². The molecule has 9 nitrogen and oxygen atoms in total. The first-order chi connectivity index (χ1) is 38.1. The van der Waals surface area contributed by atoms with E-state index < -0.39 is 24.3 Å². The molecule has 0 saturated heterocycles. The summed E-state index contributed by atoms with van der Waals surface area (Å²) >= 11 is 0. The molecule has 444 valence electrons. The first kappa shape index (κ1) is 73.7. The van der Waals surface area contributed by atoms with Crippen LogP contribution in [0, 0.1) is 0 Å². The maximum absolute atomic E-state index is 12.9. The number of carboxylic acid groups (broad SMARTS) is 1. The Morgan fingerprint density at radius 3 is 1.09 bits per heavy atom. The van der Waals surface area contributed by atoms with Crippen LogP contribution in [0.25, 0.3) is 0 Å². The Bertz CT molecular complexity index is 1690. The van der Waals surface area contributed by atoms with Crippen molar-refractivity contribution in [3.63, 3.8) is 0 Å². The third-order valence-corrected chi connectivity index (χ3v) is 13.0. The van der Waals surface area contributed by atoms with Gasteiger partial charge in [0, 0.05) is 12.8 Å². The lowest BCUT2D eigenvalue weighted by Gasteiger charge is -2.26. The van der Waals surface area contributed by atoms with E-state index in [4.69, 9.17) is 18.9 Å². The van der Waals surface area contributed by atoms with Crippen molar-refractivity contribution in [1.82, 2.24) is 0 Å². The topological polar surface area (TPSA) is 111 Å². The van der Waals surface area contributed by atoms with Crippen LogP contribution in [0.15, 0.2) is 122 Å². The third-order valence-electron chi connectivity index (χ3n) is 13.0. The number of hydrogen-bond donors (Lipinski definition) is 0. The van der Waals surface area contributed by atoms with Crippen molar-refractivity contribution in [2.75, 3.05) is 47.5 Å². The van der Waals surface area contributed by atoms with Crippen LogP contribution in [0.3, 0.4) is 0 Å². The van der Waals surface area contributed by atoms with Gasteiger partial charge in [0.25, 0.3) is 0 Å². The lowest BCUT2D eigenvalue weighted by molar-refractivity contribution is -0.870. The number of allylic oxidation sites excluding steroid dienone is 20. The van der Waals surface area contributed by atoms with Crippen LogP contribution in [-0.4, -0.2) is 82.3 Å². The van der Waals surface area contributed by atoms with Gasteiger partial charge < -0.3 is 33.3 Å². The molecule has 0 radical (unpaired) electrons. The second-order valence-electron chi connectivity index (χ2n) is 21.6. The SMILES string of the molecule is CC/C=C\C/C=C\C/C=C\C/C=C\C/C=C\C/C=C\C/C=C\C/C=C\C/C=C\C/C=C\CCCCCCC(=O)OC(COC(=O)CCCCCCCCCCCCCCCCCCCC)COC(OCC[N+](C)(C)C)C(=O)[O-]. The molecule has 0 aliphatic heterocycles. The maximum Gasteiger partial charge on any atom is 0.306 e. The molecule has 0 aromatic heterocycles. The molecule has 0 amide bonds. The summed E-state index contributed by atoms with van der Waals surface area (Å²) in [7, 11) is 5.91. The number of carbonyl (C=O) groups excluding carboxylic acids is 3. The summed E-state index contributed by atoms with van der Waals surface area (Å²) in [5.41, 5.74) is 0. The monoisotopic (exact) mass is 1090 g/mol. The van der Waals surface area contributed by atoms with Gasteiger partial charge in [0.1, 0.15) is 13.2 Å². The summed E-state index contributed by atoms with van der Waals surface area (Å²) in [4.78, 5) is 37.3. The van der Waals surface area contributed by atoms with E-state index in [1.165, 1.54) is 96.3 Å². The van der Waals surface area contributed by atoms with E-state index in [1.807, 2.05) is 21.1 Å². The highest BCUT2D eigenvalue weighted by Crippen LogP contribution is 2.16. The summed E-state index contributed by atoms with van der Waals surface area (Å²) in [6.07, 6.45) is 79.7. The molecule has 0 saturated carbocycles. The van der Waals surface area contributed by atoms with Crippen molar-refractivity contribution in [2.45, 2.75) is 251 Å². The number of unbranched alkanes of at least 4 members (excludes halogenated alkanes) is 21. The minimum absolute atomic E-state index is 0.137. The zero-order valence-electron chi connectivity index (χ0n) is 50.5. The van der Waals surface area contributed by atoms with Crippen LogP contribution >= 0.6 is 0 Å². The van der Waals surface area contributed by atoms with E-state index in [0.717, 1.165) is 109 Å². The highest BCUT2D eigenvalue weighted by molar-refractivity contribution is 5.70. The first-order valence-corrected chi connectivity index (χ1v) is 31.2. The minimum Gasteiger partial charge on any atom is -0.545 e. The second-order valence-corrected chi connectivity index (χ2v) is 21.6. The molecule has 0 heterocycles. The number of quaternary nitrogens is 1. The maximum atomic E-state index is 12.9. The number of esters is 2. The zero-order valence-corrected chi connectivity index (χ0v) is 50.5. The Kier molecular flexibility index (Phi) is 55.6. The van der Waals surface area contributed by atoms with Crippen molar-refractivity contribution in [3.8, 4) is 0 Å². The lowest BCUT2D eigenvalue weighted by Crippen LogP contribution is -2.44. The number of hydrogen-bond acceptors (Lipinski definition) is 8. The number of likely N-dealkylation sites (N-methyl/N-ethyl adjacent to an activating group) is 1. The lowest BCUT2D eigenvalue weighted by atomic mass is 10.0. The molecule has 0 aromatic rings. The molecule has 0 rings (SSSR count). The molecular weight excluding hydrogens is 971 g/mol. The normalized spacial score (nSPS) is 13.6. The fraction of sp³-hybridized carbons (Fsp3) is 0.667. The third kappa shape index (κ3) is 59.4. The van der Waals surface area contributed by atoms with Gasteiger partial charge in [-0.15, -0.1) is 0 Å². The zero-order chi connectivity index (χ0) is 56.9. The standard InChI is InChI=1S/C69H115NO8/c1-6-8-10-12-14-16-18-20-22-24-26-27-28-29-30-31-32-33-34-35-36-37-38-39-40-41-42-44-46-48-50-52-54-56-58-60-67(72)78-65(64-77-69(68(73)74)75-62-61-70(3,4)5)63-76-66(71)59-57-55-53-51-49-47-45-43-25-23-21-19-17-15-13-11-9-7-2/h8,10,14,16,20,22,26-27,29-30,32-33,35-36,38-39,41-42,46,48,65,69H,6-7,9,11-13,15,17-19,21,23-25,28,31,34,37,40,43-45,47,49-64H2,1-5H3/b10-8-,16-14-,22-20-,27-26-,30-29-,33-32-,36-35-,39-38-,42-41-,48-46-. The molecular formula is C69H115NO8. The Morgan fingerprint density at radius 1 is 0.397 bits per heavy atom. The Morgan fingerprint density at radius 2 is 0.731 bits per heavy atom. The molecule has 78 heavy (non-hydrogen) atoms. The van der Waals surface area contributed by atoms with E-state index in [9.17, 15) is 19.5 Å². The molecule has 0 aromatic carbocycles. The number of rotatable bonds is 56.